The minimum absolute atomic E-state index is 0.177. The maximum absolute atomic E-state index is 6.41. The fraction of sp³-hybridized carbons (Fsp3) is 0.846. The second kappa shape index (κ2) is 2.44. The van der Waals surface area contributed by atoms with E-state index in [2.05, 4.69) is 26.0 Å². The zero-order chi connectivity index (χ0) is 9.97. The molecule has 14 heavy (non-hydrogen) atoms. The Balaban J connectivity index is 1.86. The van der Waals surface area contributed by atoms with Crippen LogP contribution in [0.3, 0.4) is 0 Å². The third-order valence-corrected chi connectivity index (χ3v) is 5.28. The quantitative estimate of drug-likeness (QED) is 0.667. The number of hydrogen-bond acceptors (Lipinski definition) is 1. The molecule has 2 bridgehead atoms. The minimum atomic E-state index is 0.177. The first-order valence-corrected chi connectivity index (χ1v) is 6.00. The molecule has 0 heterocycles. The van der Waals surface area contributed by atoms with Gasteiger partial charge in [-0.25, -0.2) is 0 Å². The summed E-state index contributed by atoms with van der Waals surface area (Å²) >= 11 is 0. The van der Waals surface area contributed by atoms with Crippen LogP contribution in [0, 0.1) is 23.2 Å². The van der Waals surface area contributed by atoms with E-state index in [1.165, 1.54) is 25.7 Å². The predicted molar refractivity (Wildman–Crippen MR) is 58.8 cm³/mol. The molecule has 3 atom stereocenters. The van der Waals surface area contributed by atoms with Crippen LogP contribution in [-0.2, 0) is 0 Å². The molecule has 3 aliphatic carbocycles. The largest absolute Gasteiger partial charge is 0.325 e. The standard InChI is InChI=1S/C13H21N/c1-12(2,13(14)5-6-13)11-8-9-3-4-10(11)7-9/h3-4,9-11H,5-8,14H2,1-2H3. The van der Waals surface area contributed by atoms with Gasteiger partial charge in [0.2, 0.25) is 0 Å². The molecule has 0 radical (unpaired) electrons. The first-order valence-electron chi connectivity index (χ1n) is 6.00. The molecule has 1 nitrogen and oxygen atoms in total. The van der Waals surface area contributed by atoms with Crippen LogP contribution in [0.1, 0.15) is 39.5 Å². The van der Waals surface area contributed by atoms with Gasteiger partial charge in [-0.3, -0.25) is 0 Å². The van der Waals surface area contributed by atoms with Crippen molar-refractivity contribution >= 4 is 0 Å². The number of allylic oxidation sites excluding steroid dienone is 2. The van der Waals surface area contributed by atoms with Crippen LogP contribution < -0.4 is 5.73 Å². The molecule has 78 valence electrons. The van der Waals surface area contributed by atoms with E-state index in [-0.39, 0.29) is 5.54 Å². The highest BCUT2D eigenvalue weighted by Crippen LogP contribution is 2.59. The second-order valence-corrected chi connectivity index (χ2v) is 6.26. The molecule has 0 amide bonds. The molecule has 0 aromatic heterocycles. The van der Waals surface area contributed by atoms with Gasteiger partial charge in [0.1, 0.15) is 0 Å². The van der Waals surface area contributed by atoms with Gasteiger partial charge in [-0.1, -0.05) is 26.0 Å². The fourth-order valence-electron chi connectivity index (χ4n) is 3.76. The van der Waals surface area contributed by atoms with E-state index in [9.17, 15) is 0 Å². The van der Waals surface area contributed by atoms with E-state index in [0.29, 0.717) is 5.41 Å². The SMILES string of the molecule is CC(C)(C1CC2C=CC1C2)C1(N)CC1. The lowest BCUT2D eigenvalue weighted by Crippen LogP contribution is -2.46. The molecular formula is C13H21N. The summed E-state index contributed by atoms with van der Waals surface area (Å²) < 4.78 is 0. The Morgan fingerprint density at radius 2 is 1.93 bits per heavy atom. The normalized spacial score (nSPS) is 43.2. The highest BCUT2D eigenvalue weighted by Gasteiger charge is 2.57. The number of fused-ring (bicyclic) bond motifs is 2. The summed E-state index contributed by atoms with van der Waals surface area (Å²) in [5, 5.41) is 0. The molecule has 2 N–H and O–H groups in total. The molecule has 0 saturated heterocycles. The zero-order valence-corrected chi connectivity index (χ0v) is 9.29. The Morgan fingerprint density at radius 3 is 2.36 bits per heavy atom. The van der Waals surface area contributed by atoms with E-state index in [1.807, 2.05) is 0 Å². The topological polar surface area (TPSA) is 26.0 Å². The molecule has 0 aromatic carbocycles. The lowest BCUT2D eigenvalue weighted by Gasteiger charge is -2.41. The van der Waals surface area contributed by atoms with Crippen LogP contribution in [-0.4, -0.2) is 5.54 Å². The molecule has 0 aliphatic heterocycles. The smallest absolute Gasteiger partial charge is 0.0210 e. The first kappa shape index (κ1) is 8.96. The molecule has 0 spiro atoms. The Kier molecular flexibility index (Phi) is 1.56. The Hall–Kier alpha value is -0.300. The average Bonchev–Trinajstić information content (AvgIpc) is 2.66. The molecule has 1 heteroatoms. The van der Waals surface area contributed by atoms with Crippen molar-refractivity contribution in [1.82, 2.24) is 0 Å². The van der Waals surface area contributed by atoms with Crippen LogP contribution in [0.25, 0.3) is 0 Å². The van der Waals surface area contributed by atoms with E-state index in [4.69, 9.17) is 5.73 Å². The van der Waals surface area contributed by atoms with Crippen LogP contribution in [0.4, 0.5) is 0 Å². The molecule has 2 fully saturated rings. The molecule has 3 rings (SSSR count). The lowest BCUT2D eigenvalue weighted by atomic mass is 9.66. The summed E-state index contributed by atoms with van der Waals surface area (Å²) in [6.07, 6.45) is 10.2. The highest BCUT2D eigenvalue weighted by molar-refractivity contribution is 5.19. The van der Waals surface area contributed by atoms with Gasteiger partial charge in [0.25, 0.3) is 0 Å². The van der Waals surface area contributed by atoms with Crippen molar-refractivity contribution in [2.75, 3.05) is 0 Å². The van der Waals surface area contributed by atoms with Crippen molar-refractivity contribution < 1.29 is 0 Å². The third kappa shape index (κ3) is 0.995. The Labute approximate surface area is 86.8 Å². The van der Waals surface area contributed by atoms with Gasteiger partial charge < -0.3 is 5.73 Å². The van der Waals surface area contributed by atoms with Gasteiger partial charge >= 0.3 is 0 Å². The summed E-state index contributed by atoms with van der Waals surface area (Å²) in [6.45, 7) is 4.80. The van der Waals surface area contributed by atoms with Crippen molar-refractivity contribution in [3.8, 4) is 0 Å². The van der Waals surface area contributed by atoms with Gasteiger partial charge in [0.15, 0.2) is 0 Å². The van der Waals surface area contributed by atoms with Gasteiger partial charge in [0, 0.05) is 5.54 Å². The van der Waals surface area contributed by atoms with Crippen LogP contribution in [0.2, 0.25) is 0 Å². The highest BCUT2D eigenvalue weighted by atomic mass is 14.9. The summed E-state index contributed by atoms with van der Waals surface area (Å²) in [5.74, 6) is 2.58. The number of hydrogen-bond donors (Lipinski definition) is 1. The van der Waals surface area contributed by atoms with Crippen LogP contribution >= 0.6 is 0 Å². The van der Waals surface area contributed by atoms with E-state index in [1.54, 1.807) is 0 Å². The zero-order valence-electron chi connectivity index (χ0n) is 9.29. The lowest BCUT2D eigenvalue weighted by molar-refractivity contribution is 0.126. The van der Waals surface area contributed by atoms with Crippen molar-refractivity contribution in [2.45, 2.75) is 45.1 Å². The monoisotopic (exact) mass is 191 g/mol. The summed E-state index contributed by atoms with van der Waals surface area (Å²) in [6, 6.07) is 0. The number of nitrogens with two attached hydrogens (primary N) is 1. The number of rotatable bonds is 2. The average molecular weight is 191 g/mol. The van der Waals surface area contributed by atoms with Crippen LogP contribution in [0.5, 0.6) is 0 Å². The summed E-state index contributed by atoms with van der Waals surface area (Å²) in [4.78, 5) is 0. The molecular weight excluding hydrogens is 170 g/mol. The maximum Gasteiger partial charge on any atom is 0.0210 e. The molecule has 2 saturated carbocycles. The molecule has 0 aromatic rings. The van der Waals surface area contributed by atoms with Gasteiger partial charge in [0.05, 0.1) is 0 Å². The van der Waals surface area contributed by atoms with E-state index in [0.717, 1.165) is 17.8 Å². The Morgan fingerprint density at radius 1 is 1.21 bits per heavy atom. The fourth-order valence-corrected chi connectivity index (χ4v) is 3.76. The van der Waals surface area contributed by atoms with Crippen molar-refractivity contribution in [3.05, 3.63) is 12.2 Å². The summed E-state index contributed by atoms with van der Waals surface area (Å²) in [5.41, 5.74) is 6.95. The van der Waals surface area contributed by atoms with E-state index < -0.39 is 0 Å². The van der Waals surface area contributed by atoms with Gasteiger partial charge in [-0.2, -0.15) is 0 Å². The second-order valence-electron chi connectivity index (χ2n) is 6.26. The molecule has 3 unspecified atom stereocenters. The van der Waals surface area contributed by atoms with Crippen molar-refractivity contribution in [2.24, 2.45) is 28.9 Å². The van der Waals surface area contributed by atoms with Gasteiger partial charge in [-0.05, 0) is 48.9 Å². The van der Waals surface area contributed by atoms with Crippen LogP contribution in [0.15, 0.2) is 12.2 Å². The third-order valence-electron chi connectivity index (χ3n) is 5.28. The maximum atomic E-state index is 6.41. The van der Waals surface area contributed by atoms with Crippen molar-refractivity contribution in [1.29, 1.82) is 0 Å². The summed E-state index contributed by atoms with van der Waals surface area (Å²) in [7, 11) is 0. The minimum Gasteiger partial charge on any atom is -0.325 e. The Bertz CT molecular complexity index is 286. The van der Waals surface area contributed by atoms with E-state index >= 15 is 0 Å². The first-order chi connectivity index (χ1) is 6.53. The van der Waals surface area contributed by atoms with Gasteiger partial charge in [-0.15, -0.1) is 0 Å². The van der Waals surface area contributed by atoms with Crippen molar-refractivity contribution in [3.63, 3.8) is 0 Å². The predicted octanol–water partition coefficient (Wildman–Crippen LogP) is 2.72. The molecule has 3 aliphatic rings.